The molecule has 0 radical (unpaired) electrons. The Hall–Kier alpha value is -1.28. The fraction of sp³-hybridized carbons (Fsp3) is 0.273. The van der Waals surface area contributed by atoms with E-state index in [0.717, 1.165) is 5.69 Å². The first-order valence-electron chi connectivity index (χ1n) is 4.33. The van der Waals surface area contributed by atoms with E-state index in [0.29, 0.717) is 6.54 Å². The molecule has 0 bridgehead atoms. The van der Waals surface area contributed by atoms with Crippen LogP contribution >= 0.6 is 0 Å². The van der Waals surface area contributed by atoms with Crippen LogP contribution in [-0.4, -0.2) is 17.8 Å². The van der Waals surface area contributed by atoms with Gasteiger partial charge in [0, 0.05) is 12.2 Å². The van der Waals surface area contributed by atoms with Gasteiger partial charge in [0.05, 0.1) is 6.10 Å². The molecule has 0 aliphatic heterocycles. The van der Waals surface area contributed by atoms with Crippen molar-refractivity contribution in [3.63, 3.8) is 0 Å². The predicted molar refractivity (Wildman–Crippen MR) is 55.9 cm³/mol. The molecule has 70 valence electrons. The fourth-order valence-electron chi connectivity index (χ4n) is 0.977. The molecular weight excluding hydrogens is 162 g/mol. The molecule has 0 amide bonds. The van der Waals surface area contributed by atoms with E-state index in [1.54, 1.807) is 0 Å². The van der Waals surface area contributed by atoms with Gasteiger partial charge in [-0.1, -0.05) is 23.8 Å². The summed E-state index contributed by atoms with van der Waals surface area (Å²) in [5.74, 6) is 0. The quantitative estimate of drug-likeness (QED) is 0.689. The molecule has 0 aromatic heterocycles. The van der Waals surface area contributed by atoms with Crippen molar-refractivity contribution in [1.29, 1.82) is 0 Å². The number of aliphatic hydroxyl groups is 1. The summed E-state index contributed by atoms with van der Waals surface area (Å²) < 4.78 is 0. The highest BCUT2D eigenvalue weighted by Crippen LogP contribution is 2.08. The van der Waals surface area contributed by atoms with Crippen molar-refractivity contribution >= 4 is 5.69 Å². The first-order valence-corrected chi connectivity index (χ1v) is 4.33. The smallest absolute Gasteiger partial charge is 0.0890 e. The molecule has 1 aromatic rings. The molecule has 1 rings (SSSR count). The molecule has 2 nitrogen and oxygen atoms in total. The number of hydrogen-bond donors (Lipinski definition) is 2. The molecule has 1 unspecified atom stereocenters. The lowest BCUT2D eigenvalue weighted by atomic mass is 10.2. The van der Waals surface area contributed by atoms with Gasteiger partial charge in [0.2, 0.25) is 0 Å². The Bertz CT molecular complexity index is 266. The summed E-state index contributed by atoms with van der Waals surface area (Å²) in [6.07, 6.45) is 1.03. The number of nitrogens with one attached hydrogen (secondary N) is 1. The highest BCUT2D eigenvalue weighted by Gasteiger charge is 1.96. The standard InChI is InChI=1S/C11H15NO/c1-3-11(13)8-12-10-6-4-9(2)5-7-10/h3-7,11-13H,1,8H2,2H3. The molecule has 0 aliphatic rings. The van der Waals surface area contributed by atoms with E-state index in [9.17, 15) is 5.11 Å². The van der Waals surface area contributed by atoms with Crippen molar-refractivity contribution in [3.8, 4) is 0 Å². The maximum atomic E-state index is 9.19. The minimum Gasteiger partial charge on any atom is -0.387 e. The Morgan fingerprint density at radius 3 is 2.62 bits per heavy atom. The van der Waals surface area contributed by atoms with Gasteiger partial charge in [-0.2, -0.15) is 0 Å². The highest BCUT2D eigenvalue weighted by molar-refractivity contribution is 5.44. The molecule has 0 aliphatic carbocycles. The number of anilines is 1. The summed E-state index contributed by atoms with van der Waals surface area (Å²) in [6, 6.07) is 8.04. The Labute approximate surface area is 78.9 Å². The normalized spacial score (nSPS) is 12.2. The van der Waals surface area contributed by atoms with Crippen LogP contribution < -0.4 is 5.32 Å². The average molecular weight is 177 g/mol. The molecule has 0 saturated carbocycles. The summed E-state index contributed by atoms with van der Waals surface area (Å²) >= 11 is 0. The van der Waals surface area contributed by atoms with Crippen LogP contribution in [0.5, 0.6) is 0 Å². The van der Waals surface area contributed by atoms with Crippen LogP contribution in [-0.2, 0) is 0 Å². The van der Waals surface area contributed by atoms with Gasteiger partial charge in [0.1, 0.15) is 0 Å². The molecule has 0 fully saturated rings. The molecule has 13 heavy (non-hydrogen) atoms. The summed E-state index contributed by atoms with van der Waals surface area (Å²) in [4.78, 5) is 0. The zero-order chi connectivity index (χ0) is 9.68. The lowest BCUT2D eigenvalue weighted by molar-refractivity contribution is 0.237. The van der Waals surface area contributed by atoms with E-state index in [2.05, 4.69) is 11.9 Å². The minimum atomic E-state index is -0.485. The van der Waals surface area contributed by atoms with Gasteiger partial charge < -0.3 is 10.4 Å². The third-order valence-corrected chi connectivity index (χ3v) is 1.84. The second-order valence-electron chi connectivity index (χ2n) is 3.05. The summed E-state index contributed by atoms with van der Waals surface area (Å²) in [5, 5.41) is 12.3. The number of aliphatic hydroxyl groups excluding tert-OH is 1. The zero-order valence-electron chi connectivity index (χ0n) is 7.83. The lowest BCUT2D eigenvalue weighted by Crippen LogP contribution is -2.16. The molecule has 0 spiro atoms. The third kappa shape index (κ3) is 3.30. The van der Waals surface area contributed by atoms with Crippen LogP contribution in [0.2, 0.25) is 0 Å². The summed E-state index contributed by atoms with van der Waals surface area (Å²) in [7, 11) is 0. The van der Waals surface area contributed by atoms with Gasteiger partial charge >= 0.3 is 0 Å². The highest BCUT2D eigenvalue weighted by atomic mass is 16.3. The zero-order valence-corrected chi connectivity index (χ0v) is 7.83. The third-order valence-electron chi connectivity index (χ3n) is 1.84. The summed E-state index contributed by atoms with van der Waals surface area (Å²) in [6.45, 7) is 6.05. The Kier molecular flexibility index (Phi) is 3.53. The van der Waals surface area contributed by atoms with Crippen LogP contribution in [0.3, 0.4) is 0 Å². The second-order valence-corrected chi connectivity index (χ2v) is 3.05. The average Bonchev–Trinajstić information content (AvgIpc) is 2.16. The number of rotatable bonds is 4. The van der Waals surface area contributed by atoms with Gasteiger partial charge in [-0.3, -0.25) is 0 Å². The van der Waals surface area contributed by atoms with Crippen LogP contribution in [0.15, 0.2) is 36.9 Å². The SMILES string of the molecule is C=CC(O)CNc1ccc(C)cc1. The lowest BCUT2D eigenvalue weighted by Gasteiger charge is -2.08. The Morgan fingerprint density at radius 2 is 2.08 bits per heavy atom. The number of hydrogen-bond acceptors (Lipinski definition) is 2. The van der Waals surface area contributed by atoms with Gasteiger partial charge in [-0.05, 0) is 19.1 Å². The van der Waals surface area contributed by atoms with Crippen molar-refractivity contribution in [2.75, 3.05) is 11.9 Å². The van der Waals surface area contributed by atoms with Gasteiger partial charge in [-0.25, -0.2) is 0 Å². The molecular formula is C11H15NO. The molecule has 0 heterocycles. The van der Waals surface area contributed by atoms with Gasteiger partial charge in [0.25, 0.3) is 0 Å². The first kappa shape index (κ1) is 9.81. The second kappa shape index (κ2) is 4.67. The topological polar surface area (TPSA) is 32.3 Å². The van der Waals surface area contributed by atoms with E-state index in [-0.39, 0.29) is 0 Å². The van der Waals surface area contributed by atoms with E-state index < -0.39 is 6.10 Å². The van der Waals surface area contributed by atoms with E-state index in [1.807, 2.05) is 31.2 Å². The van der Waals surface area contributed by atoms with Gasteiger partial charge in [-0.15, -0.1) is 6.58 Å². The Morgan fingerprint density at radius 1 is 1.46 bits per heavy atom. The minimum absolute atomic E-state index is 0.485. The van der Waals surface area contributed by atoms with E-state index in [1.165, 1.54) is 11.6 Å². The largest absolute Gasteiger partial charge is 0.387 e. The van der Waals surface area contributed by atoms with Crippen molar-refractivity contribution in [3.05, 3.63) is 42.5 Å². The molecule has 2 heteroatoms. The number of aryl methyl sites for hydroxylation is 1. The molecule has 1 aromatic carbocycles. The van der Waals surface area contributed by atoms with Crippen molar-refractivity contribution < 1.29 is 5.11 Å². The molecule has 0 saturated heterocycles. The van der Waals surface area contributed by atoms with Crippen LogP contribution in [0, 0.1) is 6.92 Å². The number of benzene rings is 1. The van der Waals surface area contributed by atoms with Crippen LogP contribution in [0.4, 0.5) is 5.69 Å². The van der Waals surface area contributed by atoms with Crippen LogP contribution in [0.1, 0.15) is 5.56 Å². The molecule has 2 N–H and O–H groups in total. The van der Waals surface area contributed by atoms with Crippen molar-refractivity contribution in [2.24, 2.45) is 0 Å². The van der Waals surface area contributed by atoms with Crippen molar-refractivity contribution in [2.45, 2.75) is 13.0 Å². The summed E-state index contributed by atoms with van der Waals surface area (Å²) in [5.41, 5.74) is 2.25. The van der Waals surface area contributed by atoms with E-state index >= 15 is 0 Å². The predicted octanol–water partition coefficient (Wildman–Crippen LogP) is 1.95. The first-order chi connectivity index (χ1) is 6.22. The van der Waals surface area contributed by atoms with Crippen molar-refractivity contribution in [1.82, 2.24) is 0 Å². The molecule has 1 atom stereocenters. The Balaban J connectivity index is 2.45. The van der Waals surface area contributed by atoms with Crippen LogP contribution in [0.25, 0.3) is 0 Å². The van der Waals surface area contributed by atoms with Gasteiger partial charge in [0.15, 0.2) is 0 Å². The monoisotopic (exact) mass is 177 g/mol. The maximum absolute atomic E-state index is 9.19. The maximum Gasteiger partial charge on any atom is 0.0890 e. The fourth-order valence-corrected chi connectivity index (χ4v) is 0.977. The van der Waals surface area contributed by atoms with E-state index in [4.69, 9.17) is 0 Å².